The summed E-state index contributed by atoms with van der Waals surface area (Å²) >= 11 is 0. The standard InChI is InChI=1S/C13H17N5O/c1-3-10-12(7-18(2)17-10)16-11-5-4-8(14)6-9(11)13(15)19/h4-7,16H,3,14H2,1-2H3,(H2,15,19). The molecule has 0 bridgehead atoms. The Labute approximate surface area is 111 Å². The Morgan fingerprint density at radius 1 is 1.42 bits per heavy atom. The smallest absolute Gasteiger partial charge is 0.250 e. The molecule has 0 unspecified atom stereocenters. The van der Waals surface area contributed by atoms with Crippen molar-refractivity contribution in [3.63, 3.8) is 0 Å². The summed E-state index contributed by atoms with van der Waals surface area (Å²) in [5.74, 6) is -0.517. The van der Waals surface area contributed by atoms with Gasteiger partial charge in [-0.2, -0.15) is 5.10 Å². The first-order valence-electron chi connectivity index (χ1n) is 6.00. The molecule has 5 N–H and O–H groups in total. The highest BCUT2D eigenvalue weighted by Crippen LogP contribution is 2.25. The number of benzene rings is 1. The van der Waals surface area contributed by atoms with Gasteiger partial charge in [-0.1, -0.05) is 6.92 Å². The van der Waals surface area contributed by atoms with E-state index in [9.17, 15) is 4.79 Å². The number of nitrogens with one attached hydrogen (secondary N) is 1. The number of anilines is 3. The lowest BCUT2D eigenvalue weighted by atomic mass is 10.1. The van der Waals surface area contributed by atoms with E-state index < -0.39 is 5.91 Å². The lowest BCUT2D eigenvalue weighted by molar-refractivity contribution is 0.100. The SMILES string of the molecule is CCc1nn(C)cc1Nc1ccc(N)cc1C(N)=O. The van der Waals surface area contributed by atoms with E-state index in [-0.39, 0.29) is 0 Å². The van der Waals surface area contributed by atoms with E-state index in [0.717, 1.165) is 17.8 Å². The summed E-state index contributed by atoms with van der Waals surface area (Å²) < 4.78 is 1.72. The highest BCUT2D eigenvalue weighted by atomic mass is 16.1. The van der Waals surface area contributed by atoms with E-state index >= 15 is 0 Å². The maximum absolute atomic E-state index is 11.4. The molecular weight excluding hydrogens is 242 g/mol. The van der Waals surface area contributed by atoms with Gasteiger partial charge < -0.3 is 16.8 Å². The van der Waals surface area contributed by atoms with Gasteiger partial charge in [0.05, 0.1) is 22.6 Å². The maximum atomic E-state index is 11.4. The molecule has 0 aliphatic heterocycles. The van der Waals surface area contributed by atoms with Crippen LogP contribution >= 0.6 is 0 Å². The van der Waals surface area contributed by atoms with Crippen molar-refractivity contribution < 1.29 is 4.79 Å². The predicted octanol–water partition coefficient (Wildman–Crippen LogP) is 1.41. The second kappa shape index (κ2) is 5.01. The van der Waals surface area contributed by atoms with Crippen LogP contribution in [0.15, 0.2) is 24.4 Å². The number of carbonyl (C=O) groups is 1. The first kappa shape index (κ1) is 12.9. The average molecular weight is 259 g/mol. The number of nitrogens with two attached hydrogens (primary N) is 2. The molecule has 0 fully saturated rings. The van der Waals surface area contributed by atoms with Crippen LogP contribution in [0.25, 0.3) is 0 Å². The molecule has 0 radical (unpaired) electrons. The van der Waals surface area contributed by atoms with Gasteiger partial charge in [0.1, 0.15) is 0 Å². The highest BCUT2D eigenvalue weighted by Gasteiger charge is 2.12. The van der Waals surface area contributed by atoms with Crippen molar-refractivity contribution >= 4 is 23.0 Å². The van der Waals surface area contributed by atoms with Crippen molar-refractivity contribution in [2.24, 2.45) is 12.8 Å². The quantitative estimate of drug-likeness (QED) is 0.723. The van der Waals surface area contributed by atoms with Crippen molar-refractivity contribution in [1.82, 2.24) is 9.78 Å². The van der Waals surface area contributed by atoms with E-state index in [1.165, 1.54) is 0 Å². The van der Waals surface area contributed by atoms with Crippen molar-refractivity contribution in [2.75, 3.05) is 11.1 Å². The molecule has 0 aliphatic carbocycles. The van der Waals surface area contributed by atoms with Gasteiger partial charge >= 0.3 is 0 Å². The van der Waals surface area contributed by atoms with Gasteiger partial charge in [0.2, 0.25) is 0 Å². The molecule has 0 spiro atoms. The van der Waals surface area contributed by atoms with Crippen LogP contribution in [-0.4, -0.2) is 15.7 Å². The number of amides is 1. The van der Waals surface area contributed by atoms with Crippen LogP contribution in [0.2, 0.25) is 0 Å². The first-order chi connectivity index (χ1) is 9.01. The van der Waals surface area contributed by atoms with Crippen LogP contribution in [0.4, 0.5) is 17.1 Å². The van der Waals surface area contributed by atoms with Gasteiger partial charge in [0.15, 0.2) is 0 Å². The number of primary amides is 1. The maximum Gasteiger partial charge on any atom is 0.250 e. The fourth-order valence-electron chi connectivity index (χ4n) is 1.92. The van der Waals surface area contributed by atoms with Gasteiger partial charge in [-0.25, -0.2) is 0 Å². The van der Waals surface area contributed by atoms with E-state index in [4.69, 9.17) is 11.5 Å². The van der Waals surface area contributed by atoms with Gasteiger partial charge in [-0.15, -0.1) is 0 Å². The minimum Gasteiger partial charge on any atom is -0.399 e. The number of hydrogen-bond donors (Lipinski definition) is 3. The van der Waals surface area contributed by atoms with Crippen LogP contribution < -0.4 is 16.8 Å². The van der Waals surface area contributed by atoms with E-state index in [1.54, 1.807) is 22.9 Å². The molecular formula is C13H17N5O. The minimum atomic E-state index is -0.517. The number of aryl methyl sites for hydroxylation is 2. The Morgan fingerprint density at radius 2 is 2.16 bits per heavy atom. The van der Waals surface area contributed by atoms with Crippen LogP contribution in [-0.2, 0) is 13.5 Å². The summed E-state index contributed by atoms with van der Waals surface area (Å²) in [5, 5.41) is 7.51. The molecule has 0 atom stereocenters. The third kappa shape index (κ3) is 2.67. The molecule has 1 heterocycles. The lowest BCUT2D eigenvalue weighted by Crippen LogP contribution is -2.13. The number of aromatic nitrogens is 2. The average Bonchev–Trinajstić information content (AvgIpc) is 2.71. The van der Waals surface area contributed by atoms with Gasteiger partial charge in [-0.05, 0) is 24.6 Å². The predicted molar refractivity (Wildman–Crippen MR) is 75.2 cm³/mol. The number of rotatable bonds is 4. The van der Waals surface area contributed by atoms with Crippen molar-refractivity contribution in [2.45, 2.75) is 13.3 Å². The molecule has 0 saturated carbocycles. The molecule has 0 saturated heterocycles. The monoisotopic (exact) mass is 259 g/mol. The Kier molecular flexibility index (Phi) is 3.41. The zero-order chi connectivity index (χ0) is 14.0. The summed E-state index contributed by atoms with van der Waals surface area (Å²) in [6.07, 6.45) is 2.66. The van der Waals surface area contributed by atoms with Gasteiger partial charge in [0.25, 0.3) is 5.91 Å². The number of nitrogens with zero attached hydrogens (tertiary/aromatic N) is 2. The summed E-state index contributed by atoms with van der Waals surface area (Å²) in [6, 6.07) is 5.02. The van der Waals surface area contributed by atoms with Crippen molar-refractivity contribution in [3.05, 3.63) is 35.7 Å². The van der Waals surface area contributed by atoms with E-state index in [0.29, 0.717) is 16.9 Å². The molecule has 1 amide bonds. The van der Waals surface area contributed by atoms with Crippen LogP contribution in [0, 0.1) is 0 Å². The molecule has 19 heavy (non-hydrogen) atoms. The topological polar surface area (TPSA) is 99.0 Å². The van der Waals surface area contributed by atoms with Crippen molar-refractivity contribution in [1.29, 1.82) is 0 Å². The van der Waals surface area contributed by atoms with Crippen LogP contribution in [0.3, 0.4) is 0 Å². The zero-order valence-corrected chi connectivity index (χ0v) is 11.0. The number of nitrogen functional groups attached to an aromatic ring is 1. The minimum absolute atomic E-state index is 0.367. The molecule has 1 aromatic heterocycles. The van der Waals surface area contributed by atoms with Crippen molar-refractivity contribution in [3.8, 4) is 0 Å². The second-order valence-corrected chi connectivity index (χ2v) is 4.31. The summed E-state index contributed by atoms with van der Waals surface area (Å²) in [6.45, 7) is 2.02. The Balaban J connectivity index is 2.40. The Hall–Kier alpha value is -2.50. The first-order valence-corrected chi connectivity index (χ1v) is 6.00. The fraction of sp³-hybridized carbons (Fsp3) is 0.231. The molecule has 100 valence electrons. The third-order valence-electron chi connectivity index (χ3n) is 2.82. The summed E-state index contributed by atoms with van der Waals surface area (Å²) in [5.41, 5.74) is 14.3. The molecule has 6 heteroatoms. The number of hydrogen-bond acceptors (Lipinski definition) is 4. The Morgan fingerprint density at radius 3 is 2.79 bits per heavy atom. The number of carbonyl (C=O) groups excluding carboxylic acids is 1. The summed E-state index contributed by atoms with van der Waals surface area (Å²) in [7, 11) is 1.85. The van der Waals surface area contributed by atoms with Gasteiger partial charge in [0, 0.05) is 18.9 Å². The van der Waals surface area contributed by atoms with E-state index in [1.807, 2.05) is 20.2 Å². The molecule has 6 nitrogen and oxygen atoms in total. The molecule has 1 aromatic carbocycles. The lowest BCUT2D eigenvalue weighted by Gasteiger charge is -2.10. The van der Waals surface area contributed by atoms with E-state index in [2.05, 4.69) is 10.4 Å². The van der Waals surface area contributed by atoms with Gasteiger partial charge in [-0.3, -0.25) is 9.48 Å². The second-order valence-electron chi connectivity index (χ2n) is 4.31. The fourth-order valence-corrected chi connectivity index (χ4v) is 1.92. The normalized spacial score (nSPS) is 10.4. The molecule has 2 aromatic rings. The van der Waals surface area contributed by atoms with Crippen LogP contribution in [0.1, 0.15) is 23.0 Å². The molecule has 2 rings (SSSR count). The zero-order valence-electron chi connectivity index (χ0n) is 11.0. The Bertz CT molecular complexity index is 617. The summed E-state index contributed by atoms with van der Waals surface area (Å²) in [4.78, 5) is 11.4. The largest absolute Gasteiger partial charge is 0.399 e. The van der Waals surface area contributed by atoms with Crippen LogP contribution in [0.5, 0.6) is 0 Å². The third-order valence-corrected chi connectivity index (χ3v) is 2.82. The molecule has 0 aliphatic rings. The highest BCUT2D eigenvalue weighted by molar-refractivity contribution is 6.00.